The van der Waals surface area contributed by atoms with Gasteiger partial charge >= 0.3 is 5.97 Å². The Morgan fingerprint density at radius 1 is 1.07 bits per heavy atom. The number of halogens is 1. The lowest BCUT2D eigenvalue weighted by Crippen LogP contribution is -2.30. The molecule has 28 heavy (non-hydrogen) atoms. The van der Waals surface area contributed by atoms with Crippen LogP contribution >= 0.6 is 0 Å². The number of nitrogens with one attached hydrogen (secondary N) is 1. The Morgan fingerprint density at radius 2 is 1.64 bits per heavy atom. The van der Waals surface area contributed by atoms with Gasteiger partial charge in [0.05, 0.1) is 24.5 Å². The number of ether oxygens (including phenoxy) is 1. The maximum absolute atomic E-state index is 13.2. The zero-order valence-corrected chi connectivity index (χ0v) is 16.5. The molecule has 0 bridgehead atoms. The first-order valence-electron chi connectivity index (χ1n) is 8.31. The number of rotatable bonds is 7. The molecule has 2 aromatic carbocycles. The zero-order chi connectivity index (χ0) is 20.9. The number of carbonyl (C=O) groups is 2. The van der Waals surface area contributed by atoms with Crippen molar-refractivity contribution in [3.63, 3.8) is 0 Å². The van der Waals surface area contributed by atoms with Gasteiger partial charge < -0.3 is 10.1 Å². The molecule has 7 nitrogen and oxygen atoms in total. The Balaban J connectivity index is 2.23. The molecule has 0 fully saturated rings. The van der Waals surface area contributed by atoms with Crippen LogP contribution in [0.25, 0.3) is 0 Å². The molecule has 0 heterocycles. The highest BCUT2D eigenvalue weighted by molar-refractivity contribution is 7.89. The number of benzene rings is 2. The molecule has 0 saturated heterocycles. The molecule has 1 atom stereocenters. The number of methoxy groups -OCH3 is 1. The Morgan fingerprint density at radius 3 is 2.14 bits per heavy atom. The molecular weight excluding hydrogens is 387 g/mol. The average Bonchev–Trinajstić information content (AvgIpc) is 2.67. The van der Waals surface area contributed by atoms with Crippen molar-refractivity contribution in [3.05, 3.63) is 65.5 Å². The molecular formula is C19H21FN2O5S. The van der Waals surface area contributed by atoms with Gasteiger partial charge in [-0.05, 0) is 42.0 Å². The summed E-state index contributed by atoms with van der Waals surface area (Å²) >= 11 is 0. The van der Waals surface area contributed by atoms with Crippen LogP contribution in [0.4, 0.5) is 4.39 Å². The van der Waals surface area contributed by atoms with E-state index in [1.54, 1.807) is 0 Å². The Bertz CT molecular complexity index is 941. The number of amides is 1. The van der Waals surface area contributed by atoms with E-state index in [-0.39, 0.29) is 16.9 Å². The summed E-state index contributed by atoms with van der Waals surface area (Å²) in [6.45, 7) is 0. The molecule has 1 N–H and O–H groups in total. The summed E-state index contributed by atoms with van der Waals surface area (Å²) in [5.74, 6) is -1.49. The van der Waals surface area contributed by atoms with Gasteiger partial charge in [0.2, 0.25) is 10.0 Å². The predicted molar refractivity (Wildman–Crippen MR) is 101 cm³/mol. The SMILES string of the molecule is COC(=O)CC(NC(=O)c1ccc(S(=O)(=O)N(C)C)cc1)c1ccc(F)cc1. The van der Waals surface area contributed by atoms with Crippen LogP contribution in [-0.4, -0.2) is 45.8 Å². The molecule has 0 spiro atoms. The van der Waals surface area contributed by atoms with Crippen LogP contribution in [0.2, 0.25) is 0 Å². The fraction of sp³-hybridized carbons (Fsp3) is 0.263. The fourth-order valence-corrected chi connectivity index (χ4v) is 3.33. The van der Waals surface area contributed by atoms with Gasteiger partial charge in [-0.2, -0.15) is 0 Å². The van der Waals surface area contributed by atoms with Gasteiger partial charge in [0.15, 0.2) is 0 Å². The second kappa shape index (κ2) is 8.94. The summed E-state index contributed by atoms with van der Waals surface area (Å²) in [5, 5.41) is 2.69. The van der Waals surface area contributed by atoms with Crippen LogP contribution in [0.5, 0.6) is 0 Å². The molecule has 0 radical (unpaired) electrons. The van der Waals surface area contributed by atoms with Gasteiger partial charge in [-0.3, -0.25) is 9.59 Å². The molecule has 0 aliphatic heterocycles. The first kappa shape index (κ1) is 21.5. The zero-order valence-electron chi connectivity index (χ0n) is 15.7. The summed E-state index contributed by atoms with van der Waals surface area (Å²) in [5.41, 5.74) is 0.752. The minimum absolute atomic E-state index is 0.0543. The van der Waals surface area contributed by atoms with Crippen LogP contribution in [0, 0.1) is 5.82 Å². The quantitative estimate of drug-likeness (QED) is 0.709. The maximum atomic E-state index is 13.2. The summed E-state index contributed by atoms with van der Waals surface area (Å²) in [6.07, 6.45) is -0.138. The van der Waals surface area contributed by atoms with Crippen molar-refractivity contribution >= 4 is 21.9 Å². The van der Waals surface area contributed by atoms with Gasteiger partial charge in [-0.1, -0.05) is 12.1 Å². The third-order valence-electron chi connectivity index (χ3n) is 4.07. The minimum Gasteiger partial charge on any atom is -0.469 e. The lowest BCUT2D eigenvalue weighted by molar-refractivity contribution is -0.141. The molecule has 150 valence electrons. The van der Waals surface area contributed by atoms with E-state index in [9.17, 15) is 22.4 Å². The average molecular weight is 408 g/mol. The lowest BCUT2D eigenvalue weighted by atomic mass is 10.0. The summed E-state index contributed by atoms with van der Waals surface area (Å²) in [4.78, 5) is 24.3. The van der Waals surface area contributed by atoms with Crippen LogP contribution in [0.15, 0.2) is 53.4 Å². The minimum atomic E-state index is -3.60. The molecule has 2 aromatic rings. The van der Waals surface area contributed by atoms with E-state index in [1.807, 2.05) is 0 Å². The second-order valence-electron chi connectivity index (χ2n) is 6.17. The molecule has 0 aliphatic carbocycles. The number of sulfonamides is 1. The van der Waals surface area contributed by atoms with Gasteiger partial charge in [0, 0.05) is 19.7 Å². The van der Waals surface area contributed by atoms with Gasteiger partial charge in [0.1, 0.15) is 5.82 Å². The standard InChI is InChI=1S/C19H21FN2O5S/c1-22(2)28(25,26)16-10-6-14(7-11-16)19(24)21-17(12-18(23)27-3)13-4-8-15(20)9-5-13/h4-11,17H,12H2,1-3H3,(H,21,24). The van der Waals surface area contributed by atoms with E-state index >= 15 is 0 Å². The summed E-state index contributed by atoms with van der Waals surface area (Å²) < 4.78 is 43.1. The van der Waals surface area contributed by atoms with Crippen molar-refractivity contribution in [2.45, 2.75) is 17.4 Å². The first-order valence-corrected chi connectivity index (χ1v) is 9.75. The van der Waals surface area contributed by atoms with Gasteiger partial charge in [0.25, 0.3) is 5.91 Å². The number of nitrogens with zero attached hydrogens (tertiary/aromatic N) is 1. The third-order valence-corrected chi connectivity index (χ3v) is 5.90. The highest BCUT2D eigenvalue weighted by Crippen LogP contribution is 2.20. The first-order chi connectivity index (χ1) is 13.1. The number of carbonyl (C=O) groups excluding carboxylic acids is 2. The molecule has 0 aromatic heterocycles. The third kappa shape index (κ3) is 5.14. The van der Waals surface area contributed by atoms with Crippen LogP contribution in [0.1, 0.15) is 28.4 Å². The molecule has 2 rings (SSSR count). The maximum Gasteiger partial charge on any atom is 0.307 e. The highest BCUT2D eigenvalue weighted by Gasteiger charge is 2.21. The van der Waals surface area contributed by atoms with Crippen molar-refractivity contribution in [3.8, 4) is 0 Å². The van der Waals surface area contributed by atoms with Gasteiger partial charge in [-0.15, -0.1) is 0 Å². The van der Waals surface area contributed by atoms with E-state index in [1.165, 1.54) is 69.7 Å². The van der Waals surface area contributed by atoms with Crippen molar-refractivity contribution in [1.29, 1.82) is 0 Å². The van der Waals surface area contributed by atoms with E-state index in [4.69, 9.17) is 0 Å². The smallest absolute Gasteiger partial charge is 0.307 e. The van der Waals surface area contributed by atoms with Crippen LogP contribution in [-0.2, 0) is 19.6 Å². The predicted octanol–water partition coefficient (Wildman–Crippen LogP) is 2.11. The largest absolute Gasteiger partial charge is 0.469 e. The normalized spacial score (nSPS) is 12.5. The molecule has 0 aliphatic rings. The Kier molecular flexibility index (Phi) is 6.87. The van der Waals surface area contributed by atoms with Crippen LogP contribution < -0.4 is 5.32 Å². The van der Waals surface area contributed by atoms with Gasteiger partial charge in [-0.25, -0.2) is 17.1 Å². The van der Waals surface area contributed by atoms with Crippen molar-refractivity contribution in [1.82, 2.24) is 9.62 Å². The van der Waals surface area contributed by atoms with E-state index in [0.29, 0.717) is 5.56 Å². The summed E-state index contributed by atoms with van der Waals surface area (Å²) in [6, 6.07) is 10.1. The number of hydrogen-bond acceptors (Lipinski definition) is 5. The lowest BCUT2D eigenvalue weighted by Gasteiger charge is -2.18. The Hall–Kier alpha value is -2.78. The summed E-state index contributed by atoms with van der Waals surface area (Å²) in [7, 11) is 0.454. The number of esters is 1. The van der Waals surface area contributed by atoms with E-state index < -0.39 is 33.8 Å². The van der Waals surface area contributed by atoms with E-state index in [0.717, 1.165) is 4.31 Å². The second-order valence-corrected chi connectivity index (χ2v) is 8.32. The number of hydrogen-bond donors (Lipinski definition) is 1. The molecule has 9 heteroatoms. The van der Waals surface area contributed by atoms with Crippen molar-refractivity contribution in [2.24, 2.45) is 0 Å². The highest BCUT2D eigenvalue weighted by atomic mass is 32.2. The van der Waals surface area contributed by atoms with Crippen molar-refractivity contribution < 1.29 is 27.1 Å². The molecule has 1 unspecified atom stereocenters. The van der Waals surface area contributed by atoms with Crippen molar-refractivity contribution in [2.75, 3.05) is 21.2 Å². The van der Waals surface area contributed by atoms with Crippen LogP contribution in [0.3, 0.4) is 0 Å². The molecule has 1 amide bonds. The molecule has 0 saturated carbocycles. The topological polar surface area (TPSA) is 92.8 Å². The Labute approximate surface area is 163 Å². The van der Waals surface area contributed by atoms with E-state index in [2.05, 4.69) is 10.1 Å². The fourth-order valence-electron chi connectivity index (χ4n) is 2.43. The monoisotopic (exact) mass is 408 g/mol.